The molecule has 5 aromatic rings. The molecule has 4 aliphatic rings. The molecule has 51 heavy (non-hydrogen) atoms. The average molecular weight is 682 g/mol. The van der Waals surface area contributed by atoms with Crippen molar-refractivity contribution in [3.63, 3.8) is 0 Å². The number of fused-ring (bicyclic) bond motifs is 2. The van der Waals surface area contributed by atoms with Crippen molar-refractivity contribution in [2.24, 2.45) is 5.92 Å². The minimum Gasteiger partial charge on any atom is -0.372 e. The number of aromatic amines is 1. The van der Waals surface area contributed by atoms with Gasteiger partial charge in [0.15, 0.2) is 0 Å². The first kappa shape index (κ1) is 31.7. The van der Waals surface area contributed by atoms with Crippen molar-refractivity contribution in [1.82, 2.24) is 30.2 Å². The quantitative estimate of drug-likeness (QED) is 0.226. The van der Waals surface area contributed by atoms with E-state index in [4.69, 9.17) is 4.98 Å². The second-order valence-corrected chi connectivity index (χ2v) is 14.4. The monoisotopic (exact) mass is 681 g/mol. The molecule has 11 nitrogen and oxygen atoms in total. The number of carbonyl (C=O) groups is 2. The number of piperazine rings is 1. The van der Waals surface area contributed by atoms with Gasteiger partial charge in [0.1, 0.15) is 17.8 Å². The number of imide groups is 1. The molecule has 2 aromatic carbocycles. The fourth-order valence-corrected chi connectivity index (χ4v) is 8.33. The number of nitrogens with zero attached hydrogens (tertiary/aromatic N) is 7. The number of pyridine rings is 1. The molecule has 3 amide bonds. The van der Waals surface area contributed by atoms with E-state index in [-0.39, 0.29) is 11.9 Å². The smallest absolute Gasteiger partial charge is 0.328 e. The number of hydrogen-bond acceptors (Lipinski definition) is 8. The molecular weight excluding hydrogens is 639 g/mol. The zero-order valence-corrected chi connectivity index (χ0v) is 28.9. The molecular formula is C40H43N9O2. The first-order chi connectivity index (χ1) is 25.0. The molecule has 0 atom stereocenters. The van der Waals surface area contributed by atoms with E-state index in [1.54, 1.807) is 11.2 Å². The summed E-state index contributed by atoms with van der Waals surface area (Å²) in [6.07, 6.45) is 9.88. The van der Waals surface area contributed by atoms with Gasteiger partial charge in [-0.05, 0) is 97.7 Å². The lowest BCUT2D eigenvalue weighted by molar-refractivity contribution is -0.120. The molecule has 260 valence electrons. The van der Waals surface area contributed by atoms with E-state index < -0.39 is 0 Å². The van der Waals surface area contributed by atoms with Gasteiger partial charge in [0.05, 0.1) is 5.69 Å². The molecule has 0 spiro atoms. The predicted molar refractivity (Wildman–Crippen MR) is 200 cm³/mol. The SMILES string of the molecule is O=C1CCN(c2ccc(N3CCC(CN4CCN(c5ccc(-c6cc7c(-c8ccc9c(c8)CCC9)ncnc7[nH]6)cn5)CC4)CC3)cc2)C(=O)N1. The van der Waals surface area contributed by atoms with E-state index in [1.165, 1.54) is 42.5 Å². The molecule has 0 unspecified atom stereocenters. The van der Waals surface area contributed by atoms with Gasteiger partial charge < -0.3 is 14.8 Å². The predicted octanol–water partition coefficient (Wildman–Crippen LogP) is 5.66. The summed E-state index contributed by atoms with van der Waals surface area (Å²) in [7, 11) is 0. The Morgan fingerprint density at radius 3 is 2.27 bits per heavy atom. The minimum atomic E-state index is -0.341. The Labute approximate surface area is 297 Å². The summed E-state index contributed by atoms with van der Waals surface area (Å²) in [4.78, 5) is 50.4. The van der Waals surface area contributed by atoms with Crippen molar-refractivity contribution in [3.05, 3.63) is 84.3 Å². The van der Waals surface area contributed by atoms with Crippen molar-refractivity contribution in [1.29, 1.82) is 0 Å². The van der Waals surface area contributed by atoms with Crippen LogP contribution in [0.5, 0.6) is 0 Å². The largest absolute Gasteiger partial charge is 0.372 e. The van der Waals surface area contributed by atoms with E-state index in [1.807, 2.05) is 18.3 Å². The summed E-state index contributed by atoms with van der Waals surface area (Å²) < 4.78 is 0. The van der Waals surface area contributed by atoms with Gasteiger partial charge in [-0.1, -0.05) is 12.1 Å². The van der Waals surface area contributed by atoms with E-state index in [0.717, 1.165) is 97.3 Å². The van der Waals surface area contributed by atoms with Crippen molar-refractivity contribution >= 4 is 40.2 Å². The molecule has 0 radical (unpaired) electrons. The lowest BCUT2D eigenvalue weighted by Crippen LogP contribution is -2.49. The third kappa shape index (κ3) is 6.42. The first-order valence-corrected chi connectivity index (χ1v) is 18.4. The van der Waals surface area contributed by atoms with Gasteiger partial charge in [-0.15, -0.1) is 0 Å². The van der Waals surface area contributed by atoms with Gasteiger partial charge in [-0.3, -0.25) is 19.9 Å². The number of piperidine rings is 1. The Morgan fingerprint density at radius 2 is 1.49 bits per heavy atom. The molecule has 3 aliphatic heterocycles. The van der Waals surface area contributed by atoms with E-state index in [2.05, 4.69) is 83.5 Å². The molecule has 9 rings (SSSR count). The van der Waals surface area contributed by atoms with Crippen LogP contribution in [0.15, 0.2) is 73.2 Å². The Morgan fingerprint density at radius 1 is 0.706 bits per heavy atom. The van der Waals surface area contributed by atoms with E-state index in [9.17, 15) is 9.59 Å². The van der Waals surface area contributed by atoms with E-state index >= 15 is 0 Å². The van der Waals surface area contributed by atoms with Gasteiger partial charge in [-0.25, -0.2) is 19.7 Å². The zero-order chi connectivity index (χ0) is 34.3. The van der Waals surface area contributed by atoms with Crippen LogP contribution < -0.4 is 20.0 Å². The van der Waals surface area contributed by atoms with Crippen LogP contribution in [0.25, 0.3) is 33.5 Å². The summed E-state index contributed by atoms with van der Waals surface area (Å²) in [5.41, 5.74) is 9.96. The van der Waals surface area contributed by atoms with Crippen LogP contribution in [0, 0.1) is 5.92 Å². The third-order valence-corrected chi connectivity index (χ3v) is 11.3. The fourth-order valence-electron chi connectivity index (χ4n) is 8.33. The topological polar surface area (TPSA) is 114 Å². The number of aromatic nitrogens is 4. The van der Waals surface area contributed by atoms with Crippen LogP contribution in [0.1, 0.15) is 36.8 Å². The number of hydrogen-bond donors (Lipinski definition) is 2. The first-order valence-electron chi connectivity index (χ1n) is 18.4. The van der Waals surface area contributed by atoms with Crippen LogP contribution in [-0.2, 0) is 17.6 Å². The Bertz CT molecular complexity index is 2060. The van der Waals surface area contributed by atoms with Gasteiger partial charge in [0.25, 0.3) is 0 Å². The summed E-state index contributed by atoms with van der Waals surface area (Å²) in [6.45, 7) is 7.70. The lowest BCUT2D eigenvalue weighted by atomic mass is 9.95. The summed E-state index contributed by atoms with van der Waals surface area (Å²) in [6, 6.07) is 21.1. The number of benzene rings is 2. The second kappa shape index (κ2) is 13.4. The van der Waals surface area contributed by atoms with Crippen LogP contribution in [-0.4, -0.2) is 89.1 Å². The molecule has 1 aliphatic carbocycles. The zero-order valence-electron chi connectivity index (χ0n) is 28.9. The highest BCUT2D eigenvalue weighted by atomic mass is 16.2. The number of H-pyrrole nitrogens is 1. The van der Waals surface area contributed by atoms with Crippen molar-refractivity contribution in [2.75, 3.05) is 67.1 Å². The molecule has 3 fully saturated rings. The normalized spacial score (nSPS) is 18.8. The van der Waals surface area contributed by atoms with Crippen molar-refractivity contribution in [2.45, 2.75) is 38.5 Å². The standard InChI is InChI=1S/C40H43N9O2/c50-37-14-17-49(40(51)45-37)33-9-7-32(8-10-33)47-15-12-27(13-16-47)25-46-18-20-48(21-19-46)36-11-6-31(24-41-36)35-23-34-38(42-26-43-39(34)44-35)30-5-4-28-2-1-3-29(28)22-30/h4-11,22-24,26-27H,1-3,12-21,25H2,(H,42,43,44)(H,45,50,51). The van der Waals surface area contributed by atoms with Crippen molar-refractivity contribution in [3.8, 4) is 22.5 Å². The summed E-state index contributed by atoms with van der Waals surface area (Å²) >= 11 is 0. The number of anilines is 3. The summed E-state index contributed by atoms with van der Waals surface area (Å²) in [5, 5.41) is 3.44. The van der Waals surface area contributed by atoms with Gasteiger partial charge in [0.2, 0.25) is 5.91 Å². The van der Waals surface area contributed by atoms with Crippen LogP contribution >= 0.6 is 0 Å². The Balaban J connectivity index is 0.769. The second-order valence-electron chi connectivity index (χ2n) is 14.4. The number of amides is 3. The van der Waals surface area contributed by atoms with Gasteiger partial charge >= 0.3 is 6.03 Å². The number of aryl methyl sites for hydroxylation is 2. The maximum absolute atomic E-state index is 12.2. The molecule has 0 saturated carbocycles. The number of rotatable bonds is 7. The number of urea groups is 1. The molecule has 0 bridgehead atoms. The highest BCUT2D eigenvalue weighted by molar-refractivity contribution is 6.05. The minimum absolute atomic E-state index is 0.210. The summed E-state index contributed by atoms with van der Waals surface area (Å²) in [5.74, 6) is 1.52. The van der Waals surface area contributed by atoms with Crippen LogP contribution in [0.3, 0.4) is 0 Å². The molecule has 3 aromatic heterocycles. The highest BCUT2D eigenvalue weighted by Gasteiger charge is 2.27. The van der Waals surface area contributed by atoms with Crippen LogP contribution in [0.4, 0.5) is 22.0 Å². The molecule has 6 heterocycles. The maximum atomic E-state index is 12.2. The average Bonchev–Trinajstić information content (AvgIpc) is 3.83. The maximum Gasteiger partial charge on any atom is 0.328 e. The number of carbonyl (C=O) groups excluding carboxylic acids is 2. The van der Waals surface area contributed by atoms with Gasteiger partial charge in [0, 0.05) is 98.6 Å². The molecule has 2 N–H and O–H groups in total. The fraction of sp³-hybridized carbons (Fsp3) is 0.375. The Kier molecular flexibility index (Phi) is 8.35. The highest BCUT2D eigenvalue weighted by Crippen LogP contribution is 2.33. The van der Waals surface area contributed by atoms with E-state index in [0.29, 0.717) is 18.9 Å². The Hall–Kier alpha value is -5.29. The number of nitrogens with one attached hydrogen (secondary N) is 2. The molecule has 3 saturated heterocycles. The van der Waals surface area contributed by atoms with Crippen LogP contribution in [0.2, 0.25) is 0 Å². The lowest BCUT2D eigenvalue weighted by Gasteiger charge is -2.39. The molecule has 11 heteroatoms. The third-order valence-electron chi connectivity index (χ3n) is 11.3. The van der Waals surface area contributed by atoms with Gasteiger partial charge in [-0.2, -0.15) is 0 Å². The van der Waals surface area contributed by atoms with Crippen molar-refractivity contribution < 1.29 is 9.59 Å².